The number of aromatic nitrogens is 3. The molecule has 4 aliphatic rings. The van der Waals surface area contributed by atoms with E-state index in [1.165, 1.54) is 0 Å². The Labute approximate surface area is 239 Å². The van der Waals surface area contributed by atoms with Crippen molar-refractivity contribution >= 4 is 28.7 Å². The van der Waals surface area contributed by atoms with Gasteiger partial charge in [0.05, 0.1) is 43.7 Å². The van der Waals surface area contributed by atoms with Gasteiger partial charge in [-0.25, -0.2) is 14.8 Å². The molecule has 3 aliphatic heterocycles. The summed E-state index contributed by atoms with van der Waals surface area (Å²) in [4.78, 5) is 38.8. The maximum atomic E-state index is 13.1. The lowest BCUT2D eigenvalue weighted by molar-refractivity contribution is -0.117. The molecule has 6 heterocycles. The van der Waals surface area contributed by atoms with Crippen LogP contribution in [-0.2, 0) is 16.6 Å². The van der Waals surface area contributed by atoms with Crippen LogP contribution in [0.25, 0.3) is 22.2 Å². The van der Waals surface area contributed by atoms with Gasteiger partial charge in [-0.1, -0.05) is 0 Å². The molecule has 4 atom stereocenters. The van der Waals surface area contributed by atoms with E-state index >= 15 is 0 Å². The van der Waals surface area contributed by atoms with Crippen molar-refractivity contribution in [2.24, 2.45) is 18.9 Å². The standard InChI is InChI=1S/C30H38N6O5/c1-30(2,3)41-29(38)36-19-12-20(36)16-35(15-19)14-18-9-21(18)27(37)33-25-11-17-10-22(34(4)23(17)13-32-25)26-24(39-5)7-8-31-28(26)40-6/h7-8,10-11,13,18-21H,9,12,14-16H2,1-6H3,(H,32,33,37)/t18-,19?,20?,21+/m1/s1. The van der Waals surface area contributed by atoms with E-state index in [4.69, 9.17) is 14.2 Å². The van der Waals surface area contributed by atoms with Crippen LogP contribution in [0.4, 0.5) is 10.6 Å². The molecule has 3 aromatic heterocycles. The molecule has 4 fully saturated rings. The van der Waals surface area contributed by atoms with Crippen LogP contribution >= 0.6 is 0 Å². The Kier molecular flexibility index (Phi) is 6.80. The number of hydrogen-bond donors (Lipinski definition) is 1. The highest BCUT2D eigenvalue weighted by atomic mass is 16.6. The first-order valence-electron chi connectivity index (χ1n) is 14.1. The van der Waals surface area contributed by atoms with E-state index < -0.39 is 5.60 Å². The van der Waals surface area contributed by atoms with Crippen molar-refractivity contribution < 1.29 is 23.8 Å². The molecule has 7 rings (SSSR count). The van der Waals surface area contributed by atoms with E-state index in [1.54, 1.807) is 32.7 Å². The number of anilines is 1. The van der Waals surface area contributed by atoms with E-state index in [0.29, 0.717) is 23.4 Å². The van der Waals surface area contributed by atoms with E-state index in [-0.39, 0.29) is 30.0 Å². The van der Waals surface area contributed by atoms with Gasteiger partial charge in [0.25, 0.3) is 0 Å². The van der Waals surface area contributed by atoms with Gasteiger partial charge >= 0.3 is 6.09 Å². The van der Waals surface area contributed by atoms with Gasteiger partial charge in [0.2, 0.25) is 11.8 Å². The van der Waals surface area contributed by atoms with Crippen LogP contribution < -0.4 is 14.8 Å². The number of amides is 2. The first-order valence-corrected chi connectivity index (χ1v) is 14.1. The number of ether oxygens (including phenoxy) is 3. The van der Waals surface area contributed by atoms with Crippen molar-refractivity contribution in [2.75, 3.05) is 39.2 Å². The molecule has 3 aromatic rings. The molecule has 1 N–H and O–H groups in total. The van der Waals surface area contributed by atoms with Crippen LogP contribution in [0.15, 0.2) is 30.6 Å². The topological polar surface area (TPSA) is 111 Å². The number of methoxy groups -OCH3 is 2. The molecule has 2 amide bonds. The molecule has 0 aromatic carbocycles. The van der Waals surface area contributed by atoms with Crippen molar-refractivity contribution in [3.05, 3.63) is 30.6 Å². The van der Waals surface area contributed by atoms with E-state index in [9.17, 15) is 9.59 Å². The van der Waals surface area contributed by atoms with Gasteiger partial charge in [-0.2, -0.15) is 0 Å². The minimum Gasteiger partial charge on any atom is -0.496 e. The highest BCUT2D eigenvalue weighted by Crippen LogP contribution is 2.43. The van der Waals surface area contributed by atoms with Crippen molar-refractivity contribution in [1.82, 2.24) is 24.3 Å². The monoisotopic (exact) mass is 562 g/mol. The Morgan fingerprint density at radius 1 is 1.07 bits per heavy atom. The fraction of sp³-hybridized carbons (Fsp3) is 0.533. The van der Waals surface area contributed by atoms with E-state index in [2.05, 4.69) is 20.2 Å². The first-order chi connectivity index (χ1) is 19.6. The molecule has 11 nitrogen and oxygen atoms in total. The third-order valence-corrected chi connectivity index (χ3v) is 8.35. The van der Waals surface area contributed by atoms with Gasteiger partial charge in [0.15, 0.2) is 0 Å². The van der Waals surface area contributed by atoms with Crippen LogP contribution in [0.3, 0.4) is 0 Å². The highest BCUT2D eigenvalue weighted by Gasteiger charge is 2.51. The van der Waals surface area contributed by atoms with Gasteiger partial charge in [-0.15, -0.1) is 0 Å². The van der Waals surface area contributed by atoms with Crippen LogP contribution in [0, 0.1) is 11.8 Å². The first kappa shape index (κ1) is 27.3. The molecular formula is C30H38N6O5. The SMILES string of the molecule is COc1ccnc(OC)c1-c1cc2cc(NC(=O)[C@H]3C[C@@H]3CN3CC4CC(C3)N4C(=O)OC(C)(C)C)ncc2n1C. The number of piperazine rings is 1. The number of carbonyl (C=O) groups excluding carboxylic acids is 2. The molecule has 0 spiro atoms. The zero-order valence-electron chi connectivity index (χ0n) is 24.5. The van der Waals surface area contributed by atoms with Crippen LogP contribution in [0.1, 0.15) is 33.6 Å². The van der Waals surface area contributed by atoms with Crippen molar-refractivity contribution in [3.8, 4) is 22.9 Å². The number of carbonyl (C=O) groups is 2. The molecule has 2 unspecified atom stereocenters. The molecule has 3 saturated heterocycles. The number of aryl methyl sites for hydroxylation is 1. The van der Waals surface area contributed by atoms with Crippen molar-refractivity contribution in [1.29, 1.82) is 0 Å². The summed E-state index contributed by atoms with van der Waals surface area (Å²) < 4.78 is 18.7. The van der Waals surface area contributed by atoms with Gasteiger partial charge in [-0.3, -0.25) is 14.6 Å². The number of nitrogens with one attached hydrogen (secondary N) is 1. The highest BCUT2D eigenvalue weighted by molar-refractivity contribution is 5.96. The summed E-state index contributed by atoms with van der Waals surface area (Å²) in [6.07, 6.45) is 5.10. The third kappa shape index (κ3) is 5.18. The molecule has 2 bridgehead atoms. The second-order valence-electron chi connectivity index (χ2n) is 12.4. The number of pyridine rings is 2. The fourth-order valence-corrected chi connectivity index (χ4v) is 6.31. The molecule has 218 valence electrons. The molecular weight excluding hydrogens is 524 g/mol. The smallest absolute Gasteiger partial charge is 0.410 e. The Morgan fingerprint density at radius 2 is 1.83 bits per heavy atom. The molecule has 1 saturated carbocycles. The van der Waals surface area contributed by atoms with Gasteiger partial charge in [0, 0.05) is 44.2 Å². The fourth-order valence-electron chi connectivity index (χ4n) is 6.31. The lowest BCUT2D eigenvalue weighted by atomic mass is 9.88. The minimum absolute atomic E-state index is 0.00570. The Morgan fingerprint density at radius 3 is 2.51 bits per heavy atom. The summed E-state index contributed by atoms with van der Waals surface area (Å²) >= 11 is 0. The zero-order valence-corrected chi connectivity index (χ0v) is 24.5. The molecule has 11 heteroatoms. The summed E-state index contributed by atoms with van der Waals surface area (Å²) in [5.41, 5.74) is 2.06. The normalized spacial score (nSPS) is 23.6. The maximum Gasteiger partial charge on any atom is 0.410 e. The zero-order chi connectivity index (χ0) is 29.1. The number of nitrogens with zero attached hydrogens (tertiary/aromatic N) is 5. The Bertz CT molecular complexity index is 1460. The van der Waals surface area contributed by atoms with E-state index in [1.807, 2.05) is 49.4 Å². The largest absolute Gasteiger partial charge is 0.496 e. The van der Waals surface area contributed by atoms with Crippen LogP contribution in [0.2, 0.25) is 0 Å². The summed E-state index contributed by atoms with van der Waals surface area (Å²) in [6.45, 7) is 8.23. The van der Waals surface area contributed by atoms with E-state index in [0.717, 1.165) is 54.6 Å². The lowest BCUT2D eigenvalue weighted by Gasteiger charge is -2.56. The summed E-state index contributed by atoms with van der Waals surface area (Å²) in [5.74, 6) is 1.96. The number of fused-ring (bicyclic) bond motifs is 3. The third-order valence-electron chi connectivity index (χ3n) is 8.35. The summed E-state index contributed by atoms with van der Waals surface area (Å²) in [6, 6.07) is 6.12. The average molecular weight is 563 g/mol. The predicted octanol–water partition coefficient (Wildman–Crippen LogP) is 3.92. The van der Waals surface area contributed by atoms with Gasteiger partial charge in [-0.05, 0) is 57.7 Å². The Balaban J connectivity index is 1.07. The molecule has 41 heavy (non-hydrogen) atoms. The van der Waals surface area contributed by atoms with Crippen molar-refractivity contribution in [3.63, 3.8) is 0 Å². The van der Waals surface area contributed by atoms with Crippen LogP contribution in [-0.4, -0.2) is 87.9 Å². The van der Waals surface area contributed by atoms with Gasteiger partial charge in [0.1, 0.15) is 22.7 Å². The predicted molar refractivity (Wildman–Crippen MR) is 154 cm³/mol. The number of rotatable bonds is 7. The molecule has 1 aliphatic carbocycles. The maximum absolute atomic E-state index is 13.1. The Hall–Kier alpha value is -3.86. The number of piperidine rings is 1. The molecule has 0 radical (unpaired) electrons. The summed E-state index contributed by atoms with van der Waals surface area (Å²) in [7, 11) is 5.16. The summed E-state index contributed by atoms with van der Waals surface area (Å²) in [5, 5.41) is 3.97. The number of hydrogen-bond acceptors (Lipinski definition) is 8. The second kappa shape index (κ2) is 10.2. The van der Waals surface area contributed by atoms with Crippen LogP contribution in [0.5, 0.6) is 11.6 Å². The quantitative estimate of drug-likeness (QED) is 0.461. The average Bonchev–Trinajstić information content (AvgIpc) is 3.61. The lowest BCUT2D eigenvalue weighted by Crippen LogP contribution is -2.70. The van der Waals surface area contributed by atoms with Crippen molar-refractivity contribution in [2.45, 2.75) is 51.3 Å². The minimum atomic E-state index is -0.488. The van der Waals surface area contributed by atoms with Gasteiger partial charge < -0.3 is 24.1 Å². The second-order valence-corrected chi connectivity index (χ2v) is 12.4.